The largest absolute Gasteiger partial charge is 0.457 e. The number of amides is 1. The van der Waals surface area contributed by atoms with Gasteiger partial charge in [0.05, 0.1) is 11.7 Å². The van der Waals surface area contributed by atoms with Gasteiger partial charge in [-0.25, -0.2) is 4.68 Å². The predicted octanol–water partition coefficient (Wildman–Crippen LogP) is 3.23. The van der Waals surface area contributed by atoms with E-state index < -0.39 is 0 Å². The molecule has 2 heterocycles. The van der Waals surface area contributed by atoms with Crippen LogP contribution in [0.3, 0.4) is 0 Å². The van der Waals surface area contributed by atoms with Gasteiger partial charge in [0.2, 0.25) is 0 Å². The summed E-state index contributed by atoms with van der Waals surface area (Å²) >= 11 is 0. The molecule has 3 aromatic rings. The van der Waals surface area contributed by atoms with E-state index in [0.29, 0.717) is 18.3 Å². The first-order valence-corrected chi connectivity index (χ1v) is 9.93. The Morgan fingerprint density at radius 2 is 1.79 bits per heavy atom. The van der Waals surface area contributed by atoms with Crippen LogP contribution in [0.4, 0.5) is 0 Å². The highest BCUT2D eigenvalue weighted by molar-refractivity contribution is 5.93. The molecular formula is C22H25N5O2. The van der Waals surface area contributed by atoms with Gasteiger partial charge in [0, 0.05) is 6.54 Å². The molecule has 150 valence electrons. The van der Waals surface area contributed by atoms with Gasteiger partial charge < -0.3 is 15.4 Å². The molecule has 1 aliphatic rings. The minimum atomic E-state index is -0.202. The highest BCUT2D eigenvalue weighted by atomic mass is 16.5. The van der Waals surface area contributed by atoms with E-state index in [2.05, 4.69) is 20.9 Å². The predicted molar refractivity (Wildman–Crippen MR) is 110 cm³/mol. The van der Waals surface area contributed by atoms with Gasteiger partial charge in [-0.05, 0) is 62.7 Å². The van der Waals surface area contributed by atoms with E-state index in [4.69, 9.17) is 4.74 Å². The maximum Gasteiger partial charge on any atom is 0.274 e. The molecule has 2 aromatic carbocycles. The van der Waals surface area contributed by atoms with Crippen LogP contribution in [-0.2, 0) is 6.54 Å². The number of aromatic nitrogens is 3. The van der Waals surface area contributed by atoms with Crippen molar-refractivity contribution in [3.05, 3.63) is 71.5 Å². The zero-order chi connectivity index (χ0) is 20.1. The molecule has 0 bridgehead atoms. The lowest BCUT2D eigenvalue weighted by Gasteiger charge is -2.23. The van der Waals surface area contributed by atoms with Crippen LogP contribution in [0.15, 0.2) is 54.6 Å². The zero-order valence-electron chi connectivity index (χ0n) is 16.5. The van der Waals surface area contributed by atoms with Crippen molar-refractivity contribution in [2.75, 3.05) is 13.1 Å². The van der Waals surface area contributed by atoms with Crippen LogP contribution in [-0.4, -0.2) is 34.0 Å². The fourth-order valence-electron chi connectivity index (χ4n) is 3.51. The monoisotopic (exact) mass is 391 g/mol. The standard InChI is InChI=1S/C22H25N5O2/c1-16-21(25-26-27(16)18-11-13-23-14-12-18)22(28)24-15-17-7-9-20(10-8-17)29-19-5-3-2-4-6-19/h2-10,18,23H,11-15H2,1H3,(H,24,28). The van der Waals surface area contributed by atoms with Crippen LogP contribution < -0.4 is 15.4 Å². The lowest BCUT2D eigenvalue weighted by Crippen LogP contribution is -2.30. The number of carbonyl (C=O) groups excluding carboxylic acids is 1. The van der Waals surface area contributed by atoms with Gasteiger partial charge in [-0.15, -0.1) is 5.10 Å². The van der Waals surface area contributed by atoms with E-state index in [1.807, 2.05) is 66.2 Å². The molecule has 1 amide bonds. The number of hydrogen-bond acceptors (Lipinski definition) is 5. The summed E-state index contributed by atoms with van der Waals surface area (Å²) in [7, 11) is 0. The number of benzene rings is 2. The number of carbonyl (C=O) groups is 1. The fourth-order valence-corrected chi connectivity index (χ4v) is 3.51. The average molecular weight is 391 g/mol. The molecule has 1 aromatic heterocycles. The van der Waals surface area contributed by atoms with Crippen molar-refractivity contribution in [2.45, 2.75) is 32.4 Å². The first-order chi connectivity index (χ1) is 14.2. The molecule has 1 saturated heterocycles. The third kappa shape index (κ3) is 4.63. The highest BCUT2D eigenvalue weighted by Crippen LogP contribution is 2.22. The second-order valence-electron chi connectivity index (χ2n) is 7.19. The Labute approximate surface area is 170 Å². The van der Waals surface area contributed by atoms with Crippen LogP contribution in [0.2, 0.25) is 0 Å². The van der Waals surface area contributed by atoms with Crippen molar-refractivity contribution in [1.29, 1.82) is 0 Å². The number of ether oxygens (including phenoxy) is 1. The molecule has 0 atom stereocenters. The third-order valence-corrected chi connectivity index (χ3v) is 5.15. The van der Waals surface area contributed by atoms with Crippen molar-refractivity contribution in [1.82, 2.24) is 25.6 Å². The summed E-state index contributed by atoms with van der Waals surface area (Å²) in [5, 5.41) is 14.6. The van der Waals surface area contributed by atoms with E-state index in [1.54, 1.807) is 0 Å². The van der Waals surface area contributed by atoms with Gasteiger partial charge >= 0.3 is 0 Å². The Kier molecular flexibility index (Phi) is 5.86. The molecule has 0 radical (unpaired) electrons. The molecule has 4 rings (SSSR count). The van der Waals surface area contributed by atoms with Crippen molar-refractivity contribution in [3.63, 3.8) is 0 Å². The molecule has 1 aliphatic heterocycles. The zero-order valence-corrected chi connectivity index (χ0v) is 16.5. The quantitative estimate of drug-likeness (QED) is 0.674. The Morgan fingerprint density at radius 1 is 1.10 bits per heavy atom. The molecule has 7 nitrogen and oxygen atoms in total. The second-order valence-corrected chi connectivity index (χ2v) is 7.19. The van der Waals surface area contributed by atoms with Crippen molar-refractivity contribution in [2.24, 2.45) is 0 Å². The van der Waals surface area contributed by atoms with E-state index in [1.165, 1.54) is 0 Å². The molecule has 0 unspecified atom stereocenters. The first-order valence-electron chi connectivity index (χ1n) is 9.93. The topological polar surface area (TPSA) is 81.1 Å². The molecular weight excluding hydrogens is 366 g/mol. The molecule has 0 aliphatic carbocycles. The van der Waals surface area contributed by atoms with E-state index in [0.717, 1.165) is 48.7 Å². The first kappa shape index (κ1) is 19.1. The Morgan fingerprint density at radius 3 is 2.52 bits per heavy atom. The van der Waals surface area contributed by atoms with Crippen molar-refractivity contribution < 1.29 is 9.53 Å². The minimum absolute atomic E-state index is 0.202. The minimum Gasteiger partial charge on any atom is -0.457 e. The smallest absolute Gasteiger partial charge is 0.274 e. The lowest BCUT2D eigenvalue weighted by molar-refractivity contribution is 0.0945. The average Bonchev–Trinajstić information content (AvgIpc) is 3.16. The fraction of sp³-hybridized carbons (Fsp3) is 0.318. The summed E-state index contributed by atoms with van der Waals surface area (Å²) in [4.78, 5) is 12.6. The number of hydrogen-bond donors (Lipinski definition) is 2. The molecule has 2 N–H and O–H groups in total. The van der Waals surface area contributed by atoms with Gasteiger partial charge in [-0.3, -0.25) is 4.79 Å². The molecule has 1 fully saturated rings. The van der Waals surface area contributed by atoms with Crippen LogP contribution in [0.25, 0.3) is 0 Å². The SMILES string of the molecule is Cc1c(C(=O)NCc2ccc(Oc3ccccc3)cc2)nnn1C1CCNCC1. The van der Waals surface area contributed by atoms with Gasteiger partial charge in [-0.1, -0.05) is 35.5 Å². The summed E-state index contributed by atoms with van der Waals surface area (Å²) in [5.74, 6) is 1.35. The Hall–Kier alpha value is -3.19. The van der Waals surface area contributed by atoms with Crippen LogP contribution in [0, 0.1) is 6.92 Å². The summed E-state index contributed by atoms with van der Waals surface area (Å²) in [6, 6.07) is 17.6. The van der Waals surface area contributed by atoms with E-state index in [9.17, 15) is 4.79 Å². The summed E-state index contributed by atoms with van der Waals surface area (Å²) in [6.45, 7) is 4.27. The number of rotatable bonds is 6. The summed E-state index contributed by atoms with van der Waals surface area (Å²) in [5.41, 5.74) is 2.20. The van der Waals surface area contributed by atoms with Crippen LogP contribution in [0.1, 0.15) is 40.6 Å². The van der Waals surface area contributed by atoms with Gasteiger partial charge in [0.1, 0.15) is 11.5 Å². The Balaban J connectivity index is 1.34. The molecule has 0 spiro atoms. The van der Waals surface area contributed by atoms with Gasteiger partial charge in [0.25, 0.3) is 5.91 Å². The van der Waals surface area contributed by atoms with Gasteiger partial charge in [-0.2, -0.15) is 0 Å². The number of nitrogens with zero attached hydrogens (tertiary/aromatic N) is 3. The van der Waals surface area contributed by atoms with Crippen molar-refractivity contribution in [3.8, 4) is 11.5 Å². The van der Waals surface area contributed by atoms with E-state index >= 15 is 0 Å². The van der Waals surface area contributed by atoms with Gasteiger partial charge in [0.15, 0.2) is 5.69 Å². The van der Waals surface area contributed by atoms with Crippen molar-refractivity contribution >= 4 is 5.91 Å². The number of para-hydroxylation sites is 1. The third-order valence-electron chi connectivity index (χ3n) is 5.15. The summed E-state index contributed by atoms with van der Waals surface area (Å²) in [6.07, 6.45) is 2.01. The maximum absolute atomic E-state index is 12.6. The van der Waals surface area contributed by atoms with E-state index in [-0.39, 0.29) is 5.91 Å². The lowest BCUT2D eigenvalue weighted by atomic mass is 10.1. The highest BCUT2D eigenvalue weighted by Gasteiger charge is 2.22. The number of nitrogens with one attached hydrogen (secondary N) is 2. The second kappa shape index (κ2) is 8.87. The number of piperidine rings is 1. The Bertz CT molecular complexity index is 947. The summed E-state index contributed by atoms with van der Waals surface area (Å²) < 4.78 is 7.69. The molecule has 7 heteroatoms. The molecule has 0 saturated carbocycles. The normalized spacial score (nSPS) is 14.5. The molecule has 29 heavy (non-hydrogen) atoms. The maximum atomic E-state index is 12.6. The van der Waals surface area contributed by atoms with Crippen LogP contribution >= 0.6 is 0 Å². The van der Waals surface area contributed by atoms with Crippen LogP contribution in [0.5, 0.6) is 11.5 Å².